The first kappa shape index (κ1) is 17.5. The van der Waals surface area contributed by atoms with Gasteiger partial charge in [0.25, 0.3) is 0 Å². The van der Waals surface area contributed by atoms with E-state index in [2.05, 4.69) is 5.32 Å². The molecule has 0 amide bonds. The van der Waals surface area contributed by atoms with Crippen molar-refractivity contribution in [2.45, 2.75) is 25.1 Å². The van der Waals surface area contributed by atoms with Gasteiger partial charge in [-0.2, -0.15) is 22.0 Å². The Morgan fingerprint density at radius 3 is 2.05 bits per heavy atom. The van der Waals surface area contributed by atoms with Crippen molar-refractivity contribution in [2.24, 2.45) is 0 Å². The number of halogens is 5. The third kappa shape index (κ3) is 3.55. The lowest BCUT2D eigenvalue weighted by Crippen LogP contribution is -2.48. The van der Waals surface area contributed by atoms with E-state index >= 15 is 0 Å². The Hall–Kier alpha value is -1.57. The van der Waals surface area contributed by atoms with Crippen LogP contribution in [-0.2, 0) is 0 Å². The zero-order valence-electron chi connectivity index (χ0n) is 11.7. The fourth-order valence-electron chi connectivity index (χ4n) is 1.86. The van der Waals surface area contributed by atoms with E-state index in [0.29, 0.717) is 0 Å². The summed E-state index contributed by atoms with van der Waals surface area (Å²) in [4.78, 5) is 0. The van der Waals surface area contributed by atoms with Crippen LogP contribution >= 0.6 is 0 Å². The molecule has 1 rings (SSSR count). The van der Waals surface area contributed by atoms with Crippen LogP contribution in [0, 0.1) is 0 Å². The van der Waals surface area contributed by atoms with Crippen LogP contribution in [0.25, 0.3) is 0 Å². The largest absolute Gasteiger partial charge is 0.493 e. The van der Waals surface area contributed by atoms with Gasteiger partial charge in [0.2, 0.25) is 0 Å². The van der Waals surface area contributed by atoms with Crippen LogP contribution in [0.15, 0.2) is 18.2 Å². The lowest BCUT2D eigenvalue weighted by Gasteiger charge is -2.29. The number of hydrogen-bond donors (Lipinski definition) is 1. The molecule has 1 N–H and O–H groups in total. The normalized spacial score (nSPS) is 13.9. The first-order valence-corrected chi connectivity index (χ1v) is 6.08. The summed E-state index contributed by atoms with van der Waals surface area (Å²) < 4.78 is 74.8. The Balaban J connectivity index is 3.29. The van der Waals surface area contributed by atoms with Crippen LogP contribution in [-0.4, -0.2) is 32.9 Å². The minimum absolute atomic E-state index is 0.0509. The summed E-state index contributed by atoms with van der Waals surface area (Å²) >= 11 is 0. The van der Waals surface area contributed by atoms with Crippen LogP contribution in [0.5, 0.6) is 11.5 Å². The Morgan fingerprint density at radius 2 is 1.62 bits per heavy atom. The minimum atomic E-state index is -5.66. The first-order chi connectivity index (χ1) is 9.68. The van der Waals surface area contributed by atoms with E-state index in [1.165, 1.54) is 27.2 Å². The Labute approximate surface area is 119 Å². The van der Waals surface area contributed by atoms with Crippen LogP contribution in [0.2, 0.25) is 0 Å². The third-order valence-electron chi connectivity index (χ3n) is 2.89. The fraction of sp³-hybridized carbons (Fsp3) is 0.538. The Morgan fingerprint density at radius 1 is 1.05 bits per heavy atom. The Kier molecular flexibility index (Phi) is 5.38. The topological polar surface area (TPSA) is 30.5 Å². The van der Waals surface area contributed by atoms with Gasteiger partial charge in [-0.1, -0.05) is 13.0 Å². The molecule has 0 aliphatic carbocycles. The second kappa shape index (κ2) is 6.46. The van der Waals surface area contributed by atoms with Crippen LogP contribution in [0.3, 0.4) is 0 Å². The molecular weight excluding hydrogens is 297 g/mol. The van der Waals surface area contributed by atoms with Gasteiger partial charge in [-0.3, -0.25) is 0 Å². The zero-order valence-corrected chi connectivity index (χ0v) is 11.7. The summed E-state index contributed by atoms with van der Waals surface area (Å²) in [6.45, 7) is 1.39. The molecule has 1 unspecified atom stereocenters. The van der Waals surface area contributed by atoms with Crippen molar-refractivity contribution in [1.29, 1.82) is 0 Å². The number of hydrogen-bond acceptors (Lipinski definition) is 3. The molecule has 8 heteroatoms. The molecule has 1 atom stereocenters. The van der Waals surface area contributed by atoms with Gasteiger partial charge in [-0.25, -0.2) is 0 Å². The summed E-state index contributed by atoms with van der Waals surface area (Å²) in [6.07, 6.45) is -5.66. The van der Waals surface area contributed by atoms with E-state index in [0.717, 1.165) is 12.1 Å². The molecule has 0 heterocycles. The van der Waals surface area contributed by atoms with Crippen molar-refractivity contribution in [1.82, 2.24) is 5.32 Å². The summed E-state index contributed by atoms with van der Waals surface area (Å²) in [6, 6.07) is 1.33. The second-order valence-corrected chi connectivity index (χ2v) is 4.23. The van der Waals surface area contributed by atoms with Crippen LogP contribution < -0.4 is 14.8 Å². The van der Waals surface area contributed by atoms with Crippen LogP contribution in [0.1, 0.15) is 18.5 Å². The first-order valence-electron chi connectivity index (χ1n) is 6.08. The number of nitrogens with one attached hydrogen (secondary N) is 1. The van der Waals surface area contributed by atoms with E-state index in [9.17, 15) is 22.0 Å². The highest BCUT2D eigenvalue weighted by Crippen LogP contribution is 2.45. The number of methoxy groups -OCH3 is 2. The van der Waals surface area contributed by atoms with Gasteiger partial charge in [0.15, 0.2) is 11.5 Å². The van der Waals surface area contributed by atoms with E-state index in [-0.39, 0.29) is 23.6 Å². The molecule has 0 spiro atoms. The van der Waals surface area contributed by atoms with Gasteiger partial charge < -0.3 is 14.8 Å². The molecule has 1 aromatic carbocycles. The highest BCUT2D eigenvalue weighted by atomic mass is 19.4. The highest BCUT2D eigenvalue weighted by Gasteiger charge is 2.62. The summed E-state index contributed by atoms with van der Waals surface area (Å²) in [5.41, 5.74) is -0.239. The van der Waals surface area contributed by atoms with Crippen molar-refractivity contribution in [3.05, 3.63) is 23.8 Å². The van der Waals surface area contributed by atoms with E-state index in [1.54, 1.807) is 0 Å². The smallest absolute Gasteiger partial charge is 0.455 e. The average Bonchev–Trinajstić information content (AvgIpc) is 2.42. The molecule has 21 heavy (non-hydrogen) atoms. The molecule has 0 aromatic heterocycles. The predicted molar refractivity (Wildman–Crippen MR) is 67.0 cm³/mol. The van der Waals surface area contributed by atoms with Gasteiger partial charge in [0, 0.05) is 0 Å². The molecule has 0 aliphatic heterocycles. The molecule has 0 bridgehead atoms. The van der Waals surface area contributed by atoms with E-state index < -0.39 is 18.1 Å². The summed E-state index contributed by atoms with van der Waals surface area (Å²) in [5.74, 6) is -4.59. The highest BCUT2D eigenvalue weighted by molar-refractivity contribution is 5.44. The summed E-state index contributed by atoms with van der Waals surface area (Å²) in [7, 11) is 2.61. The maximum absolute atomic E-state index is 13.6. The summed E-state index contributed by atoms with van der Waals surface area (Å²) in [5, 5.41) is 2.17. The average molecular weight is 313 g/mol. The van der Waals surface area contributed by atoms with Gasteiger partial charge >= 0.3 is 12.1 Å². The third-order valence-corrected chi connectivity index (χ3v) is 2.89. The number of ether oxygens (including phenoxy) is 2. The monoisotopic (exact) mass is 313 g/mol. The number of alkyl halides is 5. The molecule has 0 saturated heterocycles. The van der Waals surface area contributed by atoms with E-state index in [4.69, 9.17) is 9.47 Å². The molecule has 1 aromatic rings. The lowest BCUT2D eigenvalue weighted by atomic mass is 9.99. The maximum Gasteiger partial charge on any atom is 0.455 e. The standard InChI is InChI=1S/C13H16F5NO2/c1-4-19-11(12(14,15)13(16,17)18)8-5-6-9(20-2)10(7-8)21-3/h5-7,11,19H,4H2,1-3H3. The quantitative estimate of drug-likeness (QED) is 0.815. The molecule has 0 radical (unpaired) electrons. The predicted octanol–water partition coefficient (Wildman–Crippen LogP) is 3.55. The molecule has 120 valence electrons. The SMILES string of the molecule is CCNC(c1ccc(OC)c(OC)c1)C(F)(F)C(F)(F)F. The van der Waals surface area contributed by atoms with Crippen LogP contribution in [0.4, 0.5) is 22.0 Å². The van der Waals surface area contributed by atoms with Gasteiger partial charge in [-0.15, -0.1) is 0 Å². The zero-order chi connectivity index (χ0) is 16.3. The van der Waals surface area contributed by atoms with Gasteiger partial charge in [-0.05, 0) is 24.2 Å². The van der Waals surface area contributed by atoms with Crippen molar-refractivity contribution in [2.75, 3.05) is 20.8 Å². The molecular formula is C13H16F5NO2. The van der Waals surface area contributed by atoms with Crippen molar-refractivity contribution < 1.29 is 31.4 Å². The second-order valence-electron chi connectivity index (χ2n) is 4.23. The molecule has 0 aliphatic rings. The maximum atomic E-state index is 13.6. The number of rotatable bonds is 6. The fourth-order valence-corrected chi connectivity index (χ4v) is 1.86. The van der Waals surface area contributed by atoms with E-state index in [1.807, 2.05) is 0 Å². The molecule has 0 fully saturated rings. The molecule has 0 saturated carbocycles. The van der Waals surface area contributed by atoms with Crippen molar-refractivity contribution in [3.63, 3.8) is 0 Å². The van der Waals surface area contributed by atoms with Crippen molar-refractivity contribution >= 4 is 0 Å². The van der Waals surface area contributed by atoms with Gasteiger partial charge in [0.1, 0.15) is 6.04 Å². The minimum Gasteiger partial charge on any atom is -0.493 e. The lowest BCUT2D eigenvalue weighted by molar-refractivity contribution is -0.294. The number of benzene rings is 1. The van der Waals surface area contributed by atoms with Crippen molar-refractivity contribution in [3.8, 4) is 11.5 Å². The van der Waals surface area contributed by atoms with Gasteiger partial charge in [0.05, 0.1) is 14.2 Å². The Bertz CT molecular complexity index is 476. The molecule has 3 nitrogen and oxygen atoms in total.